The van der Waals surface area contributed by atoms with Crippen LogP contribution >= 0.6 is 0 Å². The summed E-state index contributed by atoms with van der Waals surface area (Å²) in [6.45, 7) is 8.22. The number of morpholine rings is 1. The van der Waals surface area contributed by atoms with E-state index in [1.54, 1.807) is 19.3 Å². The molecule has 2 aromatic heterocycles. The Balaban J connectivity index is 1.56. The van der Waals surface area contributed by atoms with Crippen LogP contribution < -0.4 is 15.5 Å². The summed E-state index contributed by atoms with van der Waals surface area (Å²) < 4.78 is 5.61. The Hall–Kier alpha value is -3.01. The van der Waals surface area contributed by atoms with Crippen molar-refractivity contribution in [3.05, 3.63) is 18.0 Å². The molecule has 0 radical (unpaired) electrons. The topological polar surface area (TPSA) is 114 Å². The molecule has 31 heavy (non-hydrogen) atoms. The second-order valence-corrected chi connectivity index (χ2v) is 8.47. The van der Waals surface area contributed by atoms with Gasteiger partial charge in [0.2, 0.25) is 17.8 Å². The first-order valence-electron chi connectivity index (χ1n) is 10.9. The number of fused-ring (bicyclic) bond motifs is 1. The molecule has 0 bridgehead atoms. The lowest BCUT2D eigenvalue weighted by Gasteiger charge is -2.34. The van der Waals surface area contributed by atoms with Crippen LogP contribution in [0.5, 0.6) is 0 Å². The summed E-state index contributed by atoms with van der Waals surface area (Å²) in [7, 11) is 0. The number of nitrogen functional groups attached to an aromatic ring is 1. The first kappa shape index (κ1) is 19.9. The Kier molecular flexibility index (Phi) is 5.09. The van der Waals surface area contributed by atoms with Crippen LogP contribution in [0.2, 0.25) is 0 Å². The standard InChI is InChI=1S/C21H28N8O2/c1-13-12-31-8-7-28(13)21-25-18(15-9-23-20(22)24-10-15)17-4-6-29(19(17)26-21)16-3-5-27(11-16)14(2)30/h9-10,13,16H,3-8,11-12H2,1-2H3,(H2,22,23,24). The average molecular weight is 425 g/mol. The van der Waals surface area contributed by atoms with E-state index in [0.717, 1.165) is 61.7 Å². The Bertz CT molecular complexity index is 982. The molecule has 2 saturated heterocycles. The van der Waals surface area contributed by atoms with E-state index in [9.17, 15) is 4.79 Å². The van der Waals surface area contributed by atoms with E-state index >= 15 is 0 Å². The van der Waals surface area contributed by atoms with E-state index in [1.165, 1.54) is 0 Å². The molecule has 0 spiro atoms. The van der Waals surface area contributed by atoms with Gasteiger partial charge in [-0.25, -0.2) is 15.0 Å². The minimum Gasteiger partial charge on any atom is -0.377 e. The molecule has 5 rings (SSSR count). The van der Waals surface area contributed by atoms with Crippen molar-refractivity contribution in [2.45, 2.75) is 38.8 Å². The normalized spacial score (nSPS) is 23.4. The Morgan fingerprint density at radius 3 is 2.68 bits per heavy atom. The first-order valence-corrected chi connectivity index (χ1v) is 10.9. The second-order valence-electron chi connectivity index (χ2n) is 8.47. The lowest BCUT2D eigenvalue weighted by atomic mass is 10.1. The molecule has 5 heterocycles. The van der Waals surface area contributed by atoms with Crippen molar-refractivity contribution in [2.24, 2.45) is 0 Å². The summed E-state index contributed by atoms with van der Waals surface area (Å²) in [5.74, 6) is 2.04. The molecule has 3 aliphatic heterocycles. The summed E-state index contributed by atoms with van der Waals surface area (Å²) in [4.78, 5) is 36.7. The number of nitrogens with zero attached hydrogens (tertiary/aromatic N) is 7. The lowest BCUT2D eigenvalue weighted by molar-refractivity contribution is -0.127. The highest BCUT2D eigenvalue weighted by Crippen LogP contribution is 2.38. The molecule has 2 N–H and O–H groups in total. The molecule has 164 valence electrons. The predicted octanol–water partition coefficient (Wildman–Crippen LogP) is 0.724. The highest BCUT2D eigenvalue weighted by molar-refractivity contribution is 5.75. The summed E-state index contributed by atoms with van der Waals surface area (Å²) in [5, 5.41) is 0. The molecule has 1 amide bonds. The zero-order chi connectivity index (χ0) is 21.5. The summed E-state index contributed by atoms with van der Waals surface area (Å²) >= 11 is 0. The van der Waals surface area contributed by atoms with E-state index < -0.39 is 0 Å². The summed E-state index contributed by atoms with van der Waals surface area (Å²) in [6, 6.07) is 0.461. The van der Waals surface area contributed by atoms with Crippen LogP contribution in [0, 0.1) is 0 Å². The largest absolute Gasteiger partial charge is 0.377 e. The fourth-order valence-electron chi connectivity index (χ4n) is 4.76. The van der Waals surface area contributed by atoms with Crippen LogP contribution in [0.4, 0.5) is 17.7 Å². The van der Waals surface area contributed by atoms with Crippen LogP contribution in [-0.2, 0) is 16.0 Å². The number of hydrogen-bond donors (Lipinski definition) is 1. The third-order valence-electron chi connectivity index (χ3n) is 6.47. The molecule has 2 atom stereocenters. The zero-order valence-corrected chi connectivity index (χ0v) is 18.0. The minimum absolute atomic E-state index is 0.132. The van der Waals surface area contributed by atoms with Gasteiger partial charge in [0, 0.05) is 62.7 Å². The number of hydrogen-bond acceptors (Lipinski definition) is 9. The number of rotatable bonds is 3. The molecule has 2 aromatic rings. The van der Waals surface area contributed by atoms with Crippen LogP contribution in [-0.4, -0.2) is 82.2 Å². The smallest absolute Gasteiger partial charge is 0.228 e. The van der Waals surface area contributed by atoms with E-state index in [0.29, 0.717) is 19.2 Å². The van der Waals surface area contributed by atoms with Gasteiger partial charge < -0.3 is 25.2 Å². The van der Waals surface area contributed by atoms with Crippen molar-refractivity contribution in [3.63, 3.8) is 0 Å². The van der Waals surface area contributed by atoms with Gasteiger partial charge in [0.15, 0.2) is 0 Å². The van der Waals surface area contributed by atoms with Crippen LogP contribution in [0.25, 0.3) is 11.3 Å². The van der Waals surface area contributed by atoms with Crippen molar-refractivity contribution in [1.82, 2.24) is 24.8 Å². The minimum atomic E-state index is 0.132. The maximum atomic E-state index is 11.9. The van der Waals surface area contributed by atoms with Crippen LogP contribution in [0.3, 0.4) is 0 Å². The van der Waals surface area contributed by atoms with Crippen molar-refractivity contribution in [2.75, 3.05) is 54.9 Å². The number of amides is 1. The highest BCUT2D eigenvalue weighted by Gasteiger charge is 2.36. The number of likely N-dealkylation sites (tertiary alicyclic amines) is 1. The fraction of sp³-hybridized carbons (Fsp3) is 0.571. The molecule has 10 nitrogen and oxygen atoms in total. The maximum absolute atomic E-state index is 11.9. The Labute approximate surface area is 181 Å². The fourth-order valence-corrected chi connectivity index (χ4v) is 4.76. The van der Waals surface area contributed by atoms with Crippen molar-refractivity contribution < 1.29 is 9.53 Å². The highest BCUT2D eigenvalue weighted by atomic mass is 16.5. The van der Waals surface area contributed by atoms with Gasteiger partial charge in [-0.3, -0.25) is 4.79 Å². The maximum Gasteiger partial charge on any atom is 0.228 e. The van der Waals surface area contributed by atoms with Gasteiger partial charge >= 0.3 is 0 Å². The SMILES string of the molecule is CC(=O)N1CCC(N2CCc3c(-c4cnc(N)nc4)nc(N4CCOCC4C)nc32)C1. The molecule has 10 heteroatoms. The second kappa shape index (κ2) is 7.92. The molecule has 2 fully saturated rings. The molecule has 2 unspecified atom stereocenters. The quantitative estimate of drug-likeness (QED) is 0.761. The molecule has 0 saturated carbocycles. The van der Waals surface area contributed by atoms with E-state index in [4.69, 9.17) is 20.4 Å². The molecule has 0 aliphatic carbocycles. The van der Waals surface area contributed by atoms with Gasteiger partial charge in [-0.2, -0.15) is 4.98 Å². The number of carbonyl (C=O) groups is 1. The van der Waals surface area contributed by atoms with E-state index in [2.05, 4.69) is 26.7 Å². The van der Waals surface area contributed by atoms with Gasteiger partial charge in [-0.15, -0.1) is 0 Å². The number of carbonyl (C=O) groups excluding carboxylic acids is 1. The van der Waals surface area contributed by atoms with Crippen molar-refractivity contribution in [3.8, 4) is 11.3 Å². The molecular weight excluding hydrogens is 396 g/mol. The predicted molar refractivity (Wildman–Crippen MR) is 117 cm³/mol. The van der Waals surface area contributed by atoms with Crippen LogP contribution in [0.1, 0.15) is 25.8 Å². The van der Waals surface area contributed by atoms with Crippen molar-refractivity contribution >= 4 is 23.6 Å². The number of nitrogens with two attached hydrogens (primary N) is 1. The van der Waals surface area contributed by atoms with Crippen LogP contribution in [0.15, 0.2) is 12.4 Å². The monoisotopic (exact) mass is 424 g/mol. The number of anilines is 3. The average Bonchev–Trinajstić information content (AvgIpc) is 3.41. The van der Waals surface area contributed by atoms with Gasteiger partial charge in [-0.05, 0) is 19.8 Å². The first-order chi connectivity index (χ1) is 15.0. The molecule has 3 aliphatic rings. The third kappa shape index (κ3) is 3.65. The third-order valence-corrected chi connectivity index (χ3v) is 6.47. The summed E-state index contributed by atoms with van der Waals surface area (Å²) in [6.07, 6.45) is 5.26. The Morgan fingerprint density at radius 1 is 1.16 bits per heavy atom. The van der Waals surface area contributed by atoms with E-state index in [-0.39, 0.29) is 23.9 Å². The number of aromatic nitrogens is 4. The van der Waals surface area contributed by atoms with Gasteiger partial charge in [0.05, 0.1) is 24.9 Å². The van der Waals surface area contributed by atoms with Gasteiger partial charge in [-0.1, -0.05) is 0 Å². The van der Waals surface area contributed by atoms with Crippen molar-refractivity contribution in [1.29, 1.82) is 0 Å². The van der Waals surface area contributed by atoms with E-state index in [1.807, 2.05) is 4.90 Å². The zero-order valence-electron chi connectivity index (χ0n) is 18.0. The molecule has 0 aromatic carbocycles. The molecular formula is C21H28N8O2. The Morgan fingerprint density at radius 2 is 1.97 bits per heavy atom. The van der Waals surface area contributed by atoms with Gasteiger partial charge in [0.25, 0.3) is 0 Å². The number of ether oxygens (including phenoxy) is 1. The lowest BCUT2D eigenvalue weighted by Crippen LogP contribution is -2.45. The van der Waals surface area contributed by atoms with Gasteiger partial charge in [0.1, 0.15) is 5.82 Å². The summed E-state index contributed by atoms with van der Waals surface area (Å²) in [5.41, 5.74) is 8.52.